The number of ether oxygens (including phenoxy) is 1. The van der Waals surface area contributed by atoms with Crippen LogP contribution in [0.1, 0.15) is 50.5 Å². The van der Waals surface area contributed by atoms with Crippen molar-refractivity contribution in [1.29, 1.82) is 0 Å². The molecule has 1 fully saturated rings. The van der Waals surface area contributed by atoms with Crippen LogP contribution in [0.4, 0.5) is 4.79 Å². The highest BCUT2D eigenvalue weighted by atomic mass is 16.5. The molecule has 0 spiro atoms. The van der Waals surface area contributed by atoms with E-state index in [1.54, 1.807) is 0 Å². The Labute approximate surface area is 149 Å². The van der Waals surface area contributed by atoms with E-state index in [0.717, 1.165) is 44.1 Å². The topological polar surface area (TPSA) is 93.4 Å². The Morgan fingerprint density at radius 1 is 1.16 bits per heavy atom. The number of benzene rings is 1. The number of carbonyl (C=O) groups is 2. The van der Waals surface area contributed by atoms with Gasteiger partial charge < -0.3 is 21.1 Å². The molecule has 2 rings (SSSR count). The average molecular weight is 347 g/mol. The van der Waals surface area contributed by atoms with Crippen LogP contribution in [0.2, 0.25) is 0 Å². The molecule has 0 radical (unpaired) electrons. The van der Waals surface area contributed by atoms with Crippen LogP contribution < -0.4 is 16.4 Å². The van der Waals surface area contributed by atoms with Crippen molar-refractivity contribution < 1.29 is 14.3 Å². The van der Waals surface area contributed by atoms with Crippen LogP contribution in [-0.4, -0.2) is 30.6 Å². The number of hydrogen-bond acceptors (Lipinski definition) is 4. The molecule has 0 heterocycles. The third kappa shape index (κ3) is 7.13. The zero-order valence-electron chi connectivity index (χ0n) is 14.7. The van der Waals surface area contributed by atoms with Crippen molar-refractivity contribution in [2.45, 2.75) is 63.6 Å². The first-order chi connectivity index (χ1) is 12.2. The van der Waals surface area contributed by atoms with Crippen LogP contribution in [0.5, 0.6) is 0 Å². The van der Waals surface area contributed by atoms with Crippen LogP contribution in [-0.2, 0) is 16.1 Å². The molecule has 4 N–H and O–H groups in total. The monoisotopic (exact) mass is 347 g/mol. The number of nitrogens with one attached hydrogen (secondary N) is 2. The molecular formula is C19H29N3O3. The summed E-state index contributed by atoms with van der Waals surface area (Å²) in [5, 5.41) is 5.75. The summed E-state index contributed by atoms with van der Waals surface area (Å²) in [6.45, 7) is 0.766. The molecule has 6 nitrogen and oxygen atoms in total. The molecule has 2 amide bonds. The maximum Gasteiger partial charge on any atom is 0.408 e. The Morgan fingerprint density at radius 2 is 1.88 bits per heavy atom. The summed E-state index contributed by atoms with van der Waals surface area (Å²) in [6.07, 6.45) is 5.94. The van der Waals surface area contributed by atoms with Crippen molar-refractivity contribution in [3.05, 3.63) is 35.9 Å². The average Bonchev–Trinajstić information content (AvgIpc) is 3.13. The predicted octanol–water partition coefficient (Wildman–Crippen LogP) is 2.47. The molecule has 1 aliphatic rings. The van der Waals surface area contributed by atoms with Crippen molar-refractivity contribution in [2.24, 2.45) is 5.73 Å². The Balaban J connectivity index is 1.82. The minimum absolute atomic E-state index is 0.124. The number of rotatable bonds is 9. The summed E-state index contributed by atoms with van der Waals surface area (Å²) in [4.78, 5) is 24.6. The zero-order valence-corrected chi connectivity index (χ0v) is 14.7. The van der Waals surface area contributed by atoms with E-state index in [2.05, 4.69) is 10.6 Å². The molecule has 25 heavy (non-hydrogen) atoms. The summed E-state index contributed by atoms with van der Waals surface area (Å²) in [7, 11) is 0. The van der Waals surface area contributed by atoms with E-state index in [9.17, 15) is 9.59 Å². The van der Waals surface area contributed by atoms with Gasteiger partial charge in [0.1, 0.15) is 12.6 Å². The maximum absolute atomic E-state index is 12.5. The van der Waals surface area contributed by atoms with Gasteiger partial charge in [-0.15, -0.1) is 0 Å². The lowest BCUT2D eigenvalue weighted by molar-refractivity contribution is -0.124. The van der Waals surface area contributed by atoms with Gasteiger partial charge in [-0.25, -0.2) is 4.79 Å². The van der Waals surface area contributed by atoms with Gasteiger partial charge in [0.2, 0.25) is 5.91 Å². The second-order valence-corrected chi connectivity index (χ2v) is 6.53. The highest BCUT2D eigenvalue weighted by molar-refractivity contribution is 5.85. The predicted molar refractivity (Wildman–Crippen MR) is 96.9 cm³/mol. The SMILES string of the molecule is NCCCC[C@H](NC(=O)OCc1ccccc1)C(=O)NC1CCCC1. The second kappa shape index (κ2) is 10.7. The van der Waals surface area contributed by atoms with Crippen LogP contribution in [0, 0.1) is 0 Å². The first kappa shape index (κ1) is 19.2. The van der Waals surface area contributed by atoms with Gasteiger partial charge in [0.05, 0.1) is 0 Å². The van der Waals surface area contributed by atoms with Gasteiger partial charge in [0.15, 0.2) is 0 Å². The van der Waals surface area contributed by atoms with Gasteiger partial charge in [-0.2, -0.15) is 0 Å². The van der Waals surface area contributed by atoms with Gasteiger partial charge in [-0.05, 0) is 44.2 Å². The Bertz CT molecular complexity index is 530. The molecule has 1 saturated carbocycles. The summed E-state index contributed by atoms with van der Waals surface area (Å²) in [5.41, 5.74) is 6.43. The van der Waals surface area contributed by atoms with Gasteiger partial charge in [-0.3, -0.25) is 4.79 Å². The van der Waals surface area contributed by atoms with Crippen LogP contribution in [0.3, 0.4) is 0 Å². The highest BCUT2D eigenvalue weighted by Crippen LogP contribution is 2.18. The molecule has 0 aliphatic heterocycles. The smallest absolute Gasteiger partial charge is 0.408 e. The normalized spacial score (nSPS) is 15.6. The highest BCUT2D eigenvalue weighted by Gasteiger charge is 2.25. The second-order valence-electron chi connectivity index (χ2n) is 6.53. The van der Waals surface area contributed by atoms with E-state index in [1.807, 2.05) is 30.3 Å². The van der Waals surface area contributed by atoms with Gasteiger partial charge >= 0.3 is 6.09 Å². The van der Waals surface area contributed by atoms with E-state index >= 15 is 0 Å². The standard InChI is InChI=1S/C19H29N3O3/c20-13-7-6-12-17(18(23)21-16-10-4-5-11-16)22-19(24)25-14-15-8-2-1-3-9-15/h1-3,8-9,16-17H,4-7,10-14,20H2,(H,21,23)(H,22,24)/t17-/m0/s1. The van der Waals surface area contributed by atoms with Crippen molar-refractivity contribution in [2.75, 3.05) is 6.54 Å². The van der Waals surface area contributed by atoms with E-state index in [0.29, 0.717) is 13.0 Å². The Hall–Kier alpha value is -2.08. The lowest BCUT2D eigenvalue weighted by Crippen LogP contribution is -2.49. The number of unbranched alkanes of at least 4 members (excludes halogenated alkanes) is 1. The van der Waals surface area contributed by atoms with Crippen LogP contribution in [0.25, 0.3) is 0 Å². The molecule has 1 aromatic rings. The van der Waals surface area contributed by atoms with E-state index in [-0.39, 0.29) is 18.6 Å². The third-order valence-corrected chi connectivity index (χ3v) is 4.47. The van der Waals surface area contributed by atoms with Crippen molar-refractivity contribution >= 4 is 12.0 Å². The quantitative estimate of drug-likeness (QED) is 0.598. The lowest BCUT2D eigenvalue weighted by atomic mass is 10.1. The minimum atomic E-state index is -0.574. The summed E-state index contributed by atoms with van der Waals surface area (Å²) in [6, 6.07) is 9.12. The molecular weight excluding hydrogens is 318 g/mol. The van der Waals surface area contributed by atoms with Crippen molar-refractivity contribution in [3.8, 4) is 0 Å². The number of nitrogens with two attached hydrogens (primary N) is 1. The minimum Gasteiger partial charge on any atom is -0.445 e. The van der Waals surface area contributed by atoms with Gasteiger partial charge in [0, 0.05) is 6.04 Å². The van der Waals surface area contributed by atoms with Crippen LogP contribution in [0.15, 0.2) is 30.3 Å². The molecule has 0 aromatic heterocycles. The number of carbonyl (C=O) groups excluding carboxylic acids is 2. The molecule has 138 valence electrons. The van der Waals surface area contributed by atoms with E-state index < -0.39 is 12.1 Å². The summed E-state index contributed by atoms with van der Waals surface area (Å²) in [5.74, 6) is -0.124. The largest absolute Gasteiger partial charge is 0.445 e. The third-order valence-electron chi connectivity index (χ3n) is 4.47. The zero-order chi connectivity index (χ0) is 17.9. The Kier molecular flexibility index (Phi) is 8.25. The number of alkyl carbamates (subject to hydrolysis) is 1. The van der Waals surface area contributed by atoms with Gasteiger partial charge in [0.25, 0.3) is 0 Å². The molecule has 1 aromatic carbocycles. The molecule has 0 unspecified atom stereocenters. The fourth-order valence-electron chi connectivity index (χ4n) is 3.04. The van der Waals surface area contributed by atoms with Crippen LogP contribution >= 0.6 is 0 Å². The van der Waals surface area contributed by atoms with Crippen molar-refractivity contribution in [1.82, 2.24) is 10.6 Å². The lowest BCUT2D eigenvalue weighted by Gasteiger charge is -2.21. The number of hydrogen-bond donors (Lipinski definition) is 3. The Morgan fingerprint density at radius 3 is 2.56 bits per heavy atom. The molecule has 6 heteroatoms. The van der Waals surface area contributed by atoms with Gasteiger partial charge in [-0.1, -0.05) is 43.2 Å². The maximum atomic E-state index is 12.5. The van der Waals surface area contributed by atoms with Crippen molar-refractivity contribution in [3.63, 3.8) is 0 Å². The molecule has 0 saturated heterocycles. The molecule has 1 aliphatic carbocycles. The fraction of sp³-hybridized carbons (Fsp3) is 0.579. The first-order valence-electron chi connectivity index (χ1n) is 9.16. The number of amides is 2. The van der Waals surface area contributed by atoms with E-state index in [4.69, 9.17) is 10.5 Å². The fourth-order valence-corrected chi connectivity index (χ4v) is 3.04. The summed E-state index contributed by atoms with van der Waals surface area (Å²) >= 11 is 0. The first-order valence-corrected chi connectivity index (χ1v) is 9.16. The summed E-state index contributed by atoms with van der Waals surface area (Å²) < 4.78 is 5.23. The molecule has 1 atom stereocenters. The molecule has 0 bridgehead atoms. The van der Waals surface area contributed by atoms with E-state index in [1.165, 1.54) is 0 Å².